The molecule has 2 atom stereocenters. The fourth-order valence-corrected chi connectivity index (χ4v) is 6.82. The Bertz CT molecular complexity index is 1330. The summed E-state index contributed by atoms with van der Waals surface area (Å²) in [4.78, 5) is 2.78. The molecular formula is C29H35F3N3OPS. The molecule has 1 aromatic heterocycles. The van der Waals surface area contributed by atoms with Gasteiger partial charge >= 0.3 is 6.18 Å². The second kappa shape index (κ2) is 12.2. The number of rotatable bonds is 7. The van der Waals surface area contributed by atoms with Crippen molar-refractivity contribution in [2.75, 3.05) is 57.8 Å². The van der Waals surface area contributed by atoms with Gasteiger partial charge in [0.15, 0.2) is 0 Å². The second-order valence-electron chi connectivity index (χ2n) is 10.1. The van der Waals surface area contributed by atoms with Gasteiger partial charge in [0, 0.05) is 12.6 Å². The topological polar surface area (TPSA) is 36.5 Å². The number of benzene rings is 2. The largest absolute Gasteiger partial charge is 0.495 e. The Morgan fingerprint density at radius 3 is 2.66 bits per heavy atom. The summed E-state index contributed by atoms with van der Waals surface area (Å²) < 4.78 is 47.1. The first-order valence-corrected chi connectivity index (χ1v) is 15.7. The van der Waals surface area contributed by atoms with Gasteiger partial charge in [0.25, 0.3) is 0 Å². The average molecular weight is 562 g/mol. The minimum Gasteiger partial charge on any atom is -0.495 e. The fourth-order valence-electron chi connectivity index (χ4n) is 4.90. The molecule has 0 amide bonds. The number of likely N-dealkylation sites (tertiary alicyclic amines) is 1. The zero-order valence-electron chi connectivity index (χ0n) is 22.5. The van der Waals surface area contributed by atoms with Crippen LogP contribution in [0.2, 0.25) is 0 Å². The van der Waals surface area contributed by atoms with Crippen LogP contribution < -0.4 is 20.7 Å². The maximum absolute atomic E-state index is 13.6. The number of ether oxygens (including phenoxy) is 1. The molecule has 0 spiro atoms. The second-order valence-corrected chi connectivity index (χ2v) is 13.4. The first-order valence-electron chi connectivity index (χ1n) is 12.7. The van der Waals surface area contributed by atoms with E-state index in [1.54, 1.807) is 13.2 Å². The number of fused-ring (bicyclic) bond motifs is 1. The normalized spacial score (nSPS) is 18.3. The first kappa shape index (κ1) is 28.5. The number of nitrogens with one attached hydrogen (secondary N) is 2. The highest BCUT2D eigenvalue weighted by Gasteiger charge is 2.31. The number of hydrogen-bond donors (Lipinski definition) is 2. The molecule has 0 bridgehead atoms. The highest BCUT2D eigenvalue weighted by atomic mass is 32.1. The average Bonchev–Trinajstić information content (AvgIpc) is 3.20. The SMILES string of the molecule is COc1cc(P(C)C)ccc1NCC#Cc1sc2c(N[C@H]3CCN(C)C[C@@H]3C)cccc2c1CC(F)(F)F. The Balaban J connectivity index is 1.60. The van der Waals surface area contributed by atoms with Crippen molar-refractivity contribution in [1.29, 1.82) is 0 Å². The highest BCUT2D eigenvalue weighted by Crippen LogP contribution is 2.39. The Hall–Kier alpha value is -2.46. The highest BCUT2D eigenvalue weighted by molar-refractivity contribution is 7.64. The number of methoxy groups -OCH3 is 1. The molecule has 0 aliphatic carbocycles. The Kier molecular flexibility index (Phi) is 9.13. The predicted octanol–water partition coefficient (Wildman–Crippen LogP) is 6.60. The lowest BCUT2D eigenvalue weighted by atomic mass is 9.94. The van der Waals surface area contributed by atoms with E-state index in [0.29, 0.717) is 22.7 Å². The van der Waals surface area contributed by atoms with Crippen LogP contribution in [0, 0.1) is 17.8 Å². The van der Waals surface area contributed by atoms with Gasteiger partial charge in [-0.2, -0.15) is 13.2 Å². The van der Waals surface area contributed by atoms with Gasteiger partial charge in [0.05, 0.1) is 41.0 Å². The molecule has 1 aliphatic rings. The number of anilines is 2. The van der Waals surface area contributed by atoms with E-state index in [0.717, 1.165) is 41.3 Å². The molecule has 2 N–H and O–H groups in total. The zero-order chi connectivity index (χ0) is 27.4. The summed E-state index contributed by atoms with van der Waals surface area (Å²) >= 11 is 1.34. The third-order valence-corrected chi connectivity index (χ3v) is 9.42. The van der Waals surface area contributed by atoms with Gasteiger partial charge in [-0.1, -0.05) is 44.9 Å². The van der Waals surface area contributed by atoms with Crippen LogP contribution in [-0.4, -0.2) is 64.2 Å². The molecule has 3 aromatic rings. The molecule has 38 heavy (non-hydrogen) atoms. The summed E-state index contributed by atoms with van der Waals surface area (Å²) in [5.74, 6) is 7.26. The molecule has 1 fully saturated rings. The van der Waals surface area contributed by atoms with Crippen LogP contribution in [0.1, 0.15) is 23.8 Å². The number of hydrogen-bond acceptors (Lipinski definition) is 5. The van der Waals surface area contributed by atoms with Crippen molar-refractivity contribution in [3.8, 4) is 17.6 Å². The van der Waals surface area contributed by atoms with E-state index < -0.39 is 12.6 Å². The molecule has 2 aromatic carbocycles. The van der Waals surface area contributed by atoms with Crippen molar-refractivity contribution >= 4 is 46.0 Å². The summed E-state index contributed by atoms with van der Waals surface area (Å²) in [6.07, 6.45) is -4.32. The lowest BCUT2D eigenvalue weighted by Crippen LogP contribution is -2.43. The maximum Gasteiger partial charge on any atom is 0.393 e. The van der Waals surface area contributed by atoms with Crippen molar-refractivity contribution in [1.82, 2.24) is 4.90 Å². The van der Waals surface area contributed by atoms with Gasteiger partial charge in [-0.15, -0.1) is 11.3 Å². The zero-order valence-corrected chi connectivity index (χ0v) is 24.2. The van der Waals surface area contributed by atoms with E-state index in [9.17, 15) is 13.2 Å². The third kappa shape index (κ3) is 6.94. The molecule has 204 valence electrons. The smallest absolute Gasteiger partial charge is 0.393 e. The van der Waals surface area contributed by atoms with E-state index in [4.69, 9.17) is 4.74 Å². The van der Waals surface area contributed by atoms with Crippen molar-refractivity contribution in [3.63, 3.8) is 0 Å². The molecule has 1 saturated heterocycles. The lowest BCUT2D eigenvalue weighted by Gasteiger charge is -2.35. The molecule has 0 unspecified atom stereocenters. The van der Waals surface area contributed by atoms with Crippen LogP contribution in [0.15, 0.2) is 36.4 Å². The van der Waals surface area contributed by atoms with E-state index in [-0.39, 0.29) is 19.5 Å². The lowest BCUT2D eigenvalue weighted by molar-refractivity contribution is -0.126. The third-order valence-electron chi connectivity index (χ3n) is 6.92. The van der Waals surface area contributed by atoms with Crippen molar-refractivity contribution in [2.24, 2.45) is 5.92 Å². The van der Waals surface area contributed by atoms with Gasteiger partial charge in [-0.3, -0.25) is 0 Å². The molecule has 0 saturated carbocycles. The van der Waals surface area contributed by atoms with Crippen LogP contribution in [-0.2, 0) is 6.42 Å². The van der Waals surface area contributed by atoms with Crippen LogP contribution >= 0.6 is 19.3 Å². The Morgan fingerprint density at radius 2 is 1.97 bits per heavy atom. The van der Waals surface area contributed by atoms with Gasteiger partial charge in [0.1, 0.15) is 5.75 Å². The quantitative estimate of drug-likeness (QED) is 0.252. The monoisotopic (exact) mass is 561 g/mol. The van der Waals surface area contributed by atoms with E-state index >= 15 is 0 Å². The molecule has 4 rings (SSSR count). The van der Waals surface area contributed by atoms with E-state index in [1.807, 2.05) is 24.3 Å². The minimum absolute atomic E-state index is 0.249. The summed E-state index contributed by atoms with van der Waals surface area (Å²) in [6, 6.07) is 11.9. The molecule has 1 aliphatic heterocycles. The van der Waals surface area contributed by atoms with Gasteiger partial charge in [-0.25, -0.2) is 0 Å². The number of piperidine rings is 1. The van der Waals surface area contributed by atoms with Crippen molar-refractivity contribution in [3.05, 3.63) is 46.8 Å². The van der Waals surface area contributed by atoms with Gasteiger partial charge < -0.3 is 20.3 Å². The molecule has 2 heterocycles. The Morgan fingerprint density at radius 1 is 1.18 bits per heavy atom. The van der Waals surface area contributed by atoms with E-state index in [1.165, 1.54) is 16.6 Å². The fraction of sp³-hybridized carbons (Fsp3) is 0.448. The summed E-state index contributed by atoms with van der Waals surface area (Å²) in [5.41, 5.74) is 1.96. The predicted molar refractivity (Wildman–Crippen MR) is 157 cm³/mol. The summed E-state index contributed by atoms with van der Waals surface area (Å²) in [6.45, 7) is 8.86. The van der Waals surface area contributed by atoms with Crippen LogP contribution in [0.3, 0.4) is 0 Å². The summed E-state index contributed by atoms with van der Waals surface area (Å²) in [7, 11) is 3.50. The Labute approximate surface area is 228 Å². The number of thiophene rings is 1. The van der Waals surface area contributed by atoms with Gasteiger partial charge in [-0.05, 0) is 73.7 Å². The minimum atomic E-state index is -4.32. The maximum atomic E-state index is 13.6. The number of nitrogens with zero attached hydrogens (tertiary/aromatic N) is 1. The van der Waals surface area contributed by atoms with E-state index in [2.05, 4.69) is 60.7 Å². The molecule has 4 nitrogen and oxygen atoms in total. The number of alkyl halides is 3. The molecule has 0 radical (unpaired) electrons. The number of halogens is 3. The van der Waals surface area contributed by atoms with Crippen molar-refractivity contribution in [2.45, 2.75) is 32.0 Å². The molecular weight excluding hydrogens is 526 g/mol. The van der Waals surface area contributed by atoms with Crippen molar-refractivity contribution < 1.29 is 17.9 Å². The van der Waals surface area contributed by atoms with Crippen LogP contribution in [0.25, 0.3) is 10.1 Å². The van der Waals surface area contributed by atoms with Crippen LogP contribution in [0.5, 0.6) is 5.75 Å². The standard InChI is InChI=1S/C29H35F3N3OPS/c1-19-18-35(2)15-13-23(19)34-25-9-6-8-21-22(17-29(30,31)32)27(38-28(21)25)10-7-14-33-24-12-11-20(37(4)5)16-26(24)36-3/h6,8-9,11-12,16,19,23,33-34H,13-15,17-18H2,1-5H3/t19-,23-/m0/s1. The first-order chi connectivity index (χ1) is 18.1. The van der Waals surface area contributed by atoms with Crippen LogP contribution in [0.4, 0.5) is 24.5 Å². The van der Waals surface area contributed by atoms with Gasteiger partial charge in [0.2, 0.25) is 0 Å². The summed E-state index contributed by atoms with van der Waals surface area (Å²) in [5, 5.41) is 8.75. The molecule has 9 heteroatoms.